The summed E-state index contributed by atoms with van der Waals surface area (Å²) in [5.41, 5.74) is 6.79. The first-order valence-corrected chi connectivity index (χ1v) is 9.86. The third-order valence-corrected chi connectivity index (χ3v) is 5.51. The van der Waals surface area contributed by atoms with Gasteiger partial charge >= 0.3 is 0 Å². The lowest BCUT2D eigenvalue weighted by Crippen LogP contribution is -2.07. The van der Waals surface area contributed by atoms with Gasteiger partial charge in [-0.15, -0.1) is 15.3 Å². The van der Waals surface area contributed by atoms with Gasteiger partial charge in [0.2, 0.25) is 0 Å². The molecule has 2 aromatic carbocycles. The highest BCUT2D eigenvalue weighted by molar-refractivity contribution is 6.15. The lowest BCUT2D eigenvalue weighted by atomic mass is 10.1. The average Bonchev–Trinajstić information content (AvgIpc) is 3.42. The first-order chi connectivity index (χ1) is 14.6. The van der Waals surface area contributed by atoms with E-state index < -0.39 is 0 Å². The number of benzene rings is 2. The van der Waals surface area contributed by atoms with Crippen molar-refractivity contribution in [1.82, 2.24) is 34.6 Å². The van der Waals surface area contributed by atoms with E-state index in [0.29, 0.717) is 5.82 Å². The molecule has 7 heteroatoms. The van der Waals surface area contributed by atoms with Crippen molar-refractivity contribution in [2.45, 2.75) is 20.8 Å². The quantitative estimate of drug-likeness (QED) is 0.469. The molecule has 0 bridgehead atoms. The molecule has 146 valence electrons. The number of aromatic amines is 1. The van der Waals surface area contributed by atoms with E-state index in [-0.39, 0.29) is 0 Å². The van der Waals surface area contributed by atoms with E-state index in [1.54, 1.807) is 0 Å². The van der Waals surface area contributed by atoms with E-state index in [1.165, 1.54) is 5.56 Å². The number of fused-ring (bicyclic) bond motifs is 5. The van der Waals surface area contributed by atoms with Gasteiger partial charge in [0.25, 0.3) is 0 Å². The Bertz CT molecular complexity index is 1560. The highest BCUT2D eigenvalue weighted by Crippen LogP contribution is 2.33. The monoisotopic (exact) mass is 393 g/mol. The molecule has 0 amide bonds. The Balaban J connectivity index is 1.78. The topological polar surface area (TPSA) is 76.7 Å². The third-order valence-electron chi connectivity index (χ3n) is 5.51. The zero-order chi connectivity index (χ0) is 20.4. The van der Waals surface area contributed by atoms with Crippen molar-refractivity contribution in [3.05, 3.63) is 71.5 Å². The second kappa shape index (κ2) is 6.00. The molecular formula is C23H19N7. The van der Waals surface area contributed by atoms with Gasteiger partial charge < -0.3 is 4.98 Å². The van der Waals surface area contributed by atoms with Crippen LogP contribution >= 0.6 is 0 Å². The minimum absolute atomic E-state index is 0.708. The maximum absolute atomic E-state index is 4.96. The fourth-order valence-electron chi connectivity index (χ4n) is 4.09. The van der Waals surface area contributed by atoms with Gasteiger partial charge in [-0.25, -0.2) is 4.68 Å². The molecule has 4 aromatic heterocycles. The fraction of sp³-hybridized carbons (Fsp3) is 0.130. The summed E-state index contributed by atoms with van der Waals surface area (Å²) in [5, 5.41) is 20.8. The molecule has 0 fully saturated rings. The summed E-state index contributed by atoms with van der Waals surface area (Å²) < 4.78 is 3.71. The Morgan fingerprint density at radius 3 is 2.43 bits per heavy atom. The van der Waals surface area contributed by atoms with Crippen LogP contribution in [-0.4, -0.2) is 34.6 Å². The molecule has 7 nitrogen and oxygen atoms in total. The number of hydrogen-bond donors (Lipinski definition) is 1. The number of rotatable bonds is 2. The zero-order valence-corrected chi connectivity index (χ0v) is 16.9. The standard InChI is InChI=1S/C23H19N7/c1-13-8-10-16(11-9-13)21-25-26-22-19-17-6-4-5-7-18(17)24-20(19)23(28-30(21)22)29-15(3)12-14(2)27-29/h4-12,24H,1-3H3. The predicted octanol–water partition coefficient (Wildman–Crippen LogP) is 4.54. The normalized spacial score (nSPS) is 11.8. The van der Waals surface area contributed by atoms with Gasteiger partial charge in [0, 0.05) is 22.2 Å². The zero-order valence-electron chi connectivity index (χ0n) is 16.9. The number of H-pyrrole nitrogens is 1. The van der Waals surface area contributed by atoms with Crippen molar-refractivity contribution >= 4 is 27.5 Å². The molecule has 30 heavy (non-hydrogen) atoms. The first-order valence-electron chi connectivity index (χ1n) is 9.86. The van der Waals surface area contributed by atoms with Crippen molar-refractivity contribution in [3.8, 4) is 17.2 Å². The van der Waals surface area contributed by atoms with E-state index in [9.17, 15) is 0 Å². The summed E-state index contributed by atoms with van der Waals surface area (Å²) >= 11 is 0. The minimum atomic E-state index is 0.708. The van der Waals surface area contributed by atoms with Crippen LogP contribution < -0.4 is 0 Å². The Morgan fingerprint density at radius 2 is 1.67 bits per heavy atom. The number of para-hydroxylation sites is 1. The minimum Gasteiger partial charge on any atom is -0.351 e. The SMILES string of the molecule is Cc1ccc(-c2nnc3c4c([nH]c5ccccc54)c(-n4nc(C)cc4C)nn23)cc1. The molecule has 0 radical (unpaired) electrons. The van der Waals surface area contributed by atoms with Crippen LogP contribution in [0.1, 0.15) is 17.0 Å². The molecule has 4 heterocycles. The number of hydrogen-bond acceptors (Lipinski definition) is 4. The molecule has 0 saturated carbocycles. The van der Waals surface area contributed by atoms with E-state index in [0.717, 1.165) is 50.2 Å². The molecule has 6 rings (SSSR count). The molecule has 0 aliphatic heterocycles. The lowest BCUT2D eigenvalue weighted by molar-refractivity contribution is 0.775. The molecule has 0 atom stereocenters. The molecule has 0 saturated heterocycles. The summed E-state index contributed by atoms with van der Waals surface area (Å²) in [4.78, 5) is 3.53. The Kier molecular flexibility index (Phi) is 3.38. The lowest BCUT2D eigenvalue weighted by Gasteiger charge is -2.08. The highest BCUT2D eigenvalue weighted by Gasteiger charge is 2.21. The Hall–Kier alpha value is -4.00. The predicted molar refractivity (Wildman–Crippen MR) is 117 cm³/mol. The molecule has 0 aliphatic rings. The maximum atomic E-state index is 4.96. The van der Waals surface area contributed by atoms with Crippen LogP contribution in [0.4, 0.5) is 0 Å². The van der Waals surface area contributed by atoms with Crippen LogP contribution in [0.5, 0.6) is 0 Å². The van der Waals surface area contributed by atoms with E-state index in [2.05, 4.69) is 63.6 Å². The molecular weight excluding hydrogens is 374 g/mol. The van der Waals surface area contributed by atoms with Gasteiger partial charge in [-0.1, -0.05) is 48.0 Å². The van der Waals surface area contributed by atoms with Crippen molar-refractivity contribution in [3.63, 3.8) is 0 Å². The third kappa shape index (κ3) is 2.32. The van der Waals surface area contributed by atoms with Gasteiger partial charge in [0.1, 0.15) is 0 Å². The number of nitrogens with one attached hydrogen (secondary N) is 1. The summed E-state index contributed by atoms with van der Waals surface area (Å²) in [6, 6.07) is 18.5. The van der Waals surface area contributed by atoms with Gasteiger partial charge in [-0.05, 0) is 32.9 Å². The summed E-state index contributed by atoms with van der Waals surface area (Å²) in [6.07, 6.45) is 0. The largest absolute Gasteiger partial charge is 0.351 e. The Morgan fingerprint density at radius 1 is 0.867 bits per heavy atom. The number of aromatic nitrogens is 7. The molecule has 6 aromatic rings. The number of nitrogens with zero attached hydrogens (tertiary/aromatic N) is 6. The summed E-state index contributed by atoms with van der Waals surface area (Å²) in [5.74, 6) is 1.44. The fourth-order valence-corrected chi connectivity index (χ4v) is 4.09. The van der Waals surface area contributed by atoms with Gasteiger partial charge in [0.05, 0.1) is 16.6 Å². The second-order valence-corrected chi connectivity index (χ2v) is 7.71. The van der Waals surface area contributed by atoms with Gasteiger partial charge in [-0.3, -0.25) is 0 Å². The number of aryl methyl sites for hydroxylation is 3. The van der Waals surface area contributed by atoms with Crippen molar-refractivity contribution in [1.29, 1.82) is 0 Å². The van der Waals surface area contributed by atoms with Gasteiger partial charge in [0.15, 0.2) is 17.3 Å². The smallest absolute Gasteiger partial charge is 0.198 e. The molecule has 0 unspecified atom stereocenters. The highest BCUT2D eigenvalue weighted by atomic mass is 15.4. The van der Waals surface area contributed by atoms with Gasteiger partial charge in [-0.2, -0.15) is 9.61 Å². The van der Waals surface area contributed by atoms with Crippen LogP contribution in [0.15, 0.2) is 54.6 Å². The Labute approximate surface area is 172 Å². The van der Waals surface area contributed by atoms with E-state index in [1.807, 2.05) is 41.2 Å². The van der Waals surface area contributed by atoms with Crippen LogP contribution in [0.25, 0.3) is 44.7 Å². The molecule has 0 aliphatic carbocycles. The van der Waals surface area contributed by atoms with Crippen molar-refractivity contribution < 1.29 is 0 Å². The average molecular weight is 393 g/mol. The molecule has 1 N–H and O–H groups in total. The summed E-state index contributed by atoms with van der Waals surface area (Å²) in [6.45, 7) is 6.09. The van der Waals surface area contributed by atoms with Crippen molar-refractivity contribution in [2.24, 2.45) is 0 Å². The first kappa shape index (κ1) is 16.9. The molecule has 0 spiro atoms. The van der Waals surface area contributed by atoms with Crippen LogP contribution in [0, 0.1) is 20.8 Å². The van der Waals surface area contributed by atoms with Crippen LogP contribution in [0.3, 0.4) is 0 Å². The second-order valence-electron chi connectivity index (χ2n) is 7.71. The van der Waals surface area contributed by atoms with E-state index >= 15 is 0 Å². The van der Waals surface area contributed by atoms with E-state index in [4.69, 9.17) is 5.10 Å². The summed E-state index contributed by atoms with van der Waals surface area (Å²) in [7, 11) is 0. The maximum Gasteiger partial charge on any atom is 0.198 e. The van der Waals surface area contributed by atoms with Crippen molar-refractivity contribution in [2.75, 3.05) is 0 Å². The van der Waals surface area contributed by atoms with Crippen LogP contribution in [0.2, 0.25) is 0 Å². The van der Waals surface area contributed by atoms with Crippen LogP contribution in [-0.2, 0) is 0 Å².